The maximum atomic E-state index is 10.4. The van der Waals surface area contributed by atoms with Gasteiger partial charge in [-0.2, -0.15) is 0 Å². The summed E-state index contributed by atoms with van der Waals surface area (Å²) >= 11 is 0. The molecule has 0 atom stereocenters. The molecule has 0 unspecified atom stereocenters. The Labute approximate surface area is 72.8 Å². The smallest absolute Gasteiger partial charge is 0.140 e. The fraction of sp³-hybridized carbons (Fsp3) is 0. The van der Waals surface area contributed by atoms with Gasteiger partial charge in [-0.05, 0) is 12.1 Å². The highest BCUT2D eigenvalue weighted by Gasteiger charge is 2.02. The van der Waals surface area contributed by atoms with Crippen molar-refractivity contribution >= 4 is 17.9 Å². The predicted octanol–water partition coefficient (Wildman–Crippen LogP) is -1.80. The topological polar surface area (TPSA) is 105 Å². The van der Waals surface area contributed by atoms with E-state index < -0.39 is 12.1 Å². The molecule has 0 aliphatic heterocycles. The van der Waals surface area contributed by atoms with Crippen LogP contribution in [0.5, 0.6) is 0 Å². The first-order chi connectivity index (χ1) is 6.11. The summed E-state index contributed by atoms with van der Waals surface area (Å²) < 4.78 is 0. The van der Waals surface area contributed by atoms with E-state index in [1.54, 1.807) is 5.32 Å². The van der Waals surface area contributed by atoms with Gasteiger partial charge in [-0.3, -0.25) is 0 Å². The zero-order valence-corrected chi connectivity index (χ0v) is 6.31. The van der Waals surface area contributed by atoms with Gasteiger partial charge in [0.1, 0.15) is 11.9 Å². The standard InChI is InChI=1S/C7H6N2O4/c10-6(11)4-2-1-3-8-5(4)9-7(12)13/h1-3H,(H,8,9)(H,10,11)(H,12,13)/p-2. The first kappa shape index (κ1) is 8.98. The second kappa shape index (κ2) is 3.53. The number of nitrogens with one attached hydrogen (secondary N) is 1. The van der Waals surface area contributed by atoms with Crippen LogP contribution < -0.4 is 15.5 Å². The monoisotopic (exact) mass is 180 g/mol. The van der Waals surface area contributed by atoms with Crippen molar-refractivity contribution in [3.05, 3.63) is 23.9 Å². The highest BCUT2D eigenvalue weighted by Crippen LogP contribution is 2.08. The lowest BCUT2D eigenvalue weighted by Gasteiger charge is -2.10. The molecule has 0 aliphatic rings. The molecular formula is C7H4N2O4-2. The van der Waals surface area contributed by atoms with Crippen LogP contribution in [0.2, 0.25) is 0 Å². The van der Waals surface area contributed by atoms with E-state index in [2.05, 4.69) is 4.98 Å². The van der Waals surface area contributed by atoms with E-state index in [1.165, 1.54) is 18.3 Å². The molecule has 1 amide bonds. The maximum absolute atomic E-state index is 10.4. The number of rotatable bonds is 2. The van der Waals surface area contributed by atoms with E-state index in [9.17, 15) is 19.8 Å². The van der Waals surface area contributed by atoms with E-state index in [1.807, 2.05) is 0 Å². The van der Waals surface area contributed by atoms with Crippen LogP contribution in [0, 0.1) is 0 Å². The van der Waals surface area contributed by atoms with Gasteiger partial charge in [-0.25, -0.2) is 4.98 Å². The Morgan fingerprint density at radius 1 is 1.38 bits per heavy atom. The van der Waals surface area contributed by atoms with Gasteiger partial charge in [0.15, 0.2) is 0 Å². The summed E-state index contributed by atoms with van der Waals surface area (Å²) in [6.45, 7) is 0. The first-order valence-electron chi connectivity index (χ1n) is 3.25. The zero-order chi connectivity index (χ0) is 9.84. The zero-order valence-electron chi connectivity index (χ0n) is 6.31. The van der Waals surface area contributed by atoms with Gasteiger partial charge in [0.05, 0.1) is 5.97 Å². The molecule has 13 heavy (non-hydrogen) atoms. The molecule has 1 aromatic rings. The SMILES string of the molecule is O=C([O-])Nc1ncccc1C(=O)[O-]. The van der Waals surface area contributed by atoms with Crippen LogP contribution in [0.25, 0.3) is 0 Å². The van der Waals surface area contributed by atoms with Crippen molar-refractivity contribution < 1.29 is 19.8 Å². The third-order valence-corrected chi connectivity index (χ3v) is 1.25. The second-order valence-corrected chi connectivity index (χ2v) is 2.10. The first-order valence-corrected chi connectivity index (χ1v) is 3.25. The predicted molar refractivity (Wildman–Crippen MR) is 37.6 cm³/mol. The van der Waals surface area contributed by atoms with Crippen molar-refractivity contribution in [3.8, 4) is 0 Å². The molecular weight excluding hydrogens is 176 g/mol. The molecule has 6 heteroatoms. The van der Waals surface area contributed by atoms with E-state index in [0.717, 1.165) is 0 Å². The Morgan fingerprint density at radius 2 is 2.08 bits per heavy atom. The lowest BCUT2D eigenvalue weighted by Crippen LogP contribution is -2.31. The van der Waals surface area contributed by atoms with Gasteiger partial charge >= 0.3 is 0 Å². The highest BCUT2D eigenvalue weighted by molar-refractivity contribution is 5.95. The lowest BCUT2D eigenvalue weighted by molar-refractivity contribution is -0.254. The van der Waals surface area contributed by atoms with Crippen LogP contribution in [-0.2, 0) is 0 Å². The van der Waals surface area contributed by atoms with Gasteiger partial charge in [-0.15, -0.1) is 0 Å². The van der Waals surface area contributed by atoms with Gasteiger partial charge in [0.25, 0.3) is 0 Å². The van der Waals surface area contributed by atoms with Crippen LogP contribution >= 0.6 is 0 Å². The third-order valence-electron chi connectivity index (χ3n) is 1.25. The average molecular weight is 180 g/mol. The number of amides is 1. The molecule has 1 N–H and O–H groups in total. The highest BCUT2D eigenvalue weighted by atomic mass is 16.4. The number of carboxylic acid groups (broad SMARTS) is 2. The molecule has 1 heterocycles. The molecule has 0 aliphatic carbocycles. The number of carbonyl (C=O) groups is 2. The minimum Gasteiger partial charge on any atom is -0.545 e. The van der Waals surface area contributed by atoms with Crippen LogP contribution in [0.15, 0.2) is 18.3 Å². The second-order valence-electron chi connectivity index (χ2n) is 2.10. The summed E-state index contributed by atoms with van der Waals surface area (Å²) in [5.41, 5.74) is -0.327. The molecule has 0 radical (unpaired) electrons. The molecule has 0 fully saturated rings. The summed E-state index contributed by atoms with van der Waals surface area (Å²) in [5, 5.41) is 22.2. The molecule has 1 rings (SSSR count). The molecule has 68 valence electrons. The van der Waals surface area contributed by atoms with Crippen molar-refractivity contribution in [2.24, 2.45) is 0 Å². The largest absolute Gasteiger partial charge is 0.545 e. The minimum absolute atomic E-state index is 0.303. The molecule has 0 saturated heterocycles. The fourth-order valence-electron chi connectivity index (χ4n) is 0.766. The van der Waals surface area contributed by atoms with E-state index in [0.29, 0.717) is 0 Å². The van der Waals surface area contributed by atoms with Crippen molar-refractivity contribution in [2.75, 3.05) is 5.32 Å². The molecule has 0 aromatic carbocycles. The van der Waals surface area contributed by atoms with Crippen LogP contribution in [-0.4, -0.2) is 17.0 Å². The van der Waals surface area contributed by atoms with Gasteiger partial charge in [0.2, 0.25) is 0 Å². The number of aromatic nitrogens is 1. The Bertz CT molecular complexity index is 350. The third kappa shape index (κ3) is 2.16. The number of anilines is 1. The van der Waals surface area contributed by atoms with E-state index in [4.69, 9.17) is 0 Å². The Balaban J connectivity index is 3.04. The van der Waals surface area contributed by atoms with Gasteiger partial charge < -0.3 is 25.1 Å². The molecule has 0 spiro atoms. The molecule has 1 aromatic heterocycles. The fourth-order valence-corrected chi connectivity index (χ4v) is 0.766. The number of nitrogens with zero attached hydrogens (tertiary/aromatic N) is 1. The number of hydrogen-bond acceptors (Lipinski definition) is 5. The maximum Gasteiger partial charge on any atom is 0.140 e. The number of hydrogen-bond donors (Lipinski definition) is 1. The number of pyridine rings is 1. The normalized spacial score (nSPS) is 9.23. The summed E-state index contributed by atoms with van der Waals surface area (Å²) in [5.74, 6) is -1.81. The number of aromatic carboxylic acids is 1. The number of carboxylic acids is 1. The molecule has 0 saturated carbocycles. The van der Waals surface area contributed by atoms with Crippen molar-refractivity contribution in [2.45, 2.75) is 0 Å². The molecule has 6 nitrogen and oxygen atoms in total. The Hall–Kier alpha value is -2.11. The molecule has 0 bridgehead atoms. The minimum atomic E-state index is -1.62. The Morgan fingerprint density at radius 3 is 2.62 bits per heavy atom. The number of carbonyl (C=O) groups excluding carboxylic acids is 2. The lowest BCUT2D eigenvalue weighted by atomic mass is 10.2. The Kier molecular flexibility index (Phi) is 2.44. The van der Waals surface area contributed by atoms with Crippen molar-refractivity contribution in [1.82, 2.24) is 4.98 Å². The summed E-state index contributed by atoms with van der Waals surface area (Å²) in [6, 6.07) is 2.53. The summed E-state index contributed by atoms with van der Waals surface area (Å²) in [4.78, 5) is 24.0. The van der Waals surface area contributed by atoms with Crippen LogP contribution in [0.4, 0.5) is 10.6 Å². The van der Waals surface area contributed by atoms with E-state index in [-0.39, 0.29) is 11.4 Å². The quantitative estimate of drug-likeness (QED) is 0.578. The van der Waals surface area contributed by atoms with Gasteiger partial charge in [0, 0.05) is 11.8 Å². The van der Waals surface area contributed by atoms with Gasteiger partial charge in [-0.1, -0.05) is 0 Å². The summed E-state index contributed by atoms with van der Waals surface area (Å²) in [7, 11) is 0. The van der Waals surface area contributed by atoms with Crippen LogP contribution in [0.3, 0.4) is 0 Å². The van der Waals surface area contributed by atoms with Crippen molar-refractivity contribution in [1.29, 1.82) is 0 Å². The van der Waals surface area contributed by atoms with E-state index >= 15 is 0 Å². The average Bonchev–Trinajstić information content (AvgIpc) is 2.03. The summed E-state index contributed by atoms with van der Waals surface area (Å²) in [6.07, 6.45) is -0.376. The van der Waals surface area contributed by atoms with Crippen molar-refractivity contribution in [3.63, 3.8) is 0 Å². The van der Waals surface area contributed by atoms with Crippen LogP contribution in [0.1, 0.15) is 10.4 Å².